The highest BCUT2D eigenvalue weighted by Gasteiger charge is 2.57. The van der Waals surface area contributed by atoms with Crippen LogP contribution in [0.2, 0.25) is 0 Å². The number of rotatable bonds is 3. The van der Waals surface area contributed by atoms with Crippen LogP contribution in [0.3, 0.4) is 0 Å². The summed E-state index contributed by atoms with van der Waals surface area (Å²) in [6, 6.07) is 9.69. The minimum absolute atomic E-state index is 0.232. The number of nitrogens with one attached hydrogen (secondary N) is 1. The van der Waals surface area contributed by atoms with E-state index in [1.807, 2.05) is 4.90 Å². The first kappa shape index (κ1) is 14.3. The number of aryl methyl sites for hydroxylation is 1. The first-order valence-electron chi connectivity index (χ1n) is 8.76. The number of amides is 1. The summed E-state index contributed by atoms with van der Waals surface area (Å²) in [5.74, 6) is 0.972. The molecule has 3 nitrogen and oxygen atoms in total. The molecule has 118 valence electrons. The molecule has 0 radical (unpaired) electrons. The topological polar surface area (TPSA) is 32.3 Å². The minimum Gasteiger partial charge on any atom is -0.343 e. The number of nitrogens with zero attached hydrogens (tertiary/aromatic N) is 1. The van der Waals surface area contributed by atoms with E-state index in [9.17, 15) is 4.79 Å². The zero-order chi connectivity index (χ0) is 15.2. The van der Waals surface area contributed by atoms with Crippen molar-refractivity contribution in [2.24, 2.45) is 5.92 Å². The Morgan fingerprint density at radius 2 is 2.09 bits per heavy atom. The highest BCUT2D eigenvalue weighted by molar-refractivity contribution is 5.73. The third kappa shape index (κ3) is 2.36. The molecule has 1 aromatic carbocycles. The molecule has 0 unspecified atom stereocenters. The Labute approximate surface area is 133 Å². The van der Waals surface area contributed by atoms with Crippen molar-refractivity contribution < 1.29 is 4.79 Å². The maximum absolute atomic E-state index is 11.4. The number of carbonyl (C=O) groups is 1. The van der Waals surface area contributed by atoms with Crippen molar-refractivity contribution in [1.29, 1.82) is 0 Å². The minimum atomic E-state index is 0.232. The van der Waals surface area contributed by atoms with Gasteiger partial charge in [0.25, 0.3) is 0 Å². The second-order valence-corrected chi connectivity index (χ2v) is 7.43. The molecule has 2 atom stereocenters. The van der Waals surface area contributed by atoms with Gasteiger partial charge in [0.05, 0.1) is 0 Å². The summed E-state index contributed by atoms with van der Waals surface area (Å²) in [6.45, 7) is 4.70. The Bertz CT molecular complexity index is 577. The van der Waals surface area contributed by atoms with Gasteiger partial charge in [-0.05, 0) is 55.7 Å². The zero-order valence-electron chi connectivity index (χ0n) is 13.5. The predicted molar refractivity (Wildman–Crippen MR) is 87.8 cm³/mol. The molecule has 1 saturated carbocycles. The number of carbonyl (C=O) groups excluding carboxylic acids is 1. The first-order chi connectivity index (χ1) is 10.7. The summed E-state index contributed by atoms with van der Waals surface area (Å²) in [5, 5.41) is 3.84. The molecule has 1 saturated heterocycles. The van der Waals surface area contributed by atoms with Crippen molar-refractivity contribution in [3.63, 3.8) is 0 Å². The van der Waals surface area contributed by atoms with Crippen molar-refractivity contribution in [2.45, 2.75) is 50.5 Å². The van der Waals surface area contributed by atoms with E-state index < -0.39 is 0 Å². The molecule has 3 aliphatic rings. The highest BCUT2D eigenvalue weighted by Crippen LogP contribution is 2.56. The van der Waals surface area contributed by atoms with Crippen molar-refractivity contribution in [3.8, 4) is 0 Å². The lowest BCUT2D eigenvalue weighted by Crippen LogP contribution is -2.40. The Morgan fingerprint density at radius 3 is 2.86 bits per heavy atom. The van der Waals surface area contributed by atoms with Gasteiger partial charge >= 0.3 is 0 Å². The van der Waals surface area contributed by atoms with Gasteiger partial charge in [-0.1, -0.05) is 24.3 Å². The Hall–Kier alpha value is -1.35. The Morgan fingerprint density at radius 1 is 1.32 bits per heavy atom. The maximum atomic E-state index is 11.4. The number of piperidine rings is 1. The van der Waals surface area contributed by atoms with E-state index in [0.29, 0.717) is 11.5 Å². The Balaban J connectivity index is 1.30. The normalized spacial score (nSPS) is 30.6. The van der Waals surface area contributed by atoms with E-state index in [4.69, 9.17) is 0 Å². The molecule has 1 heterocycles. The molecule has 2 fully saturated rings. The summed E-state index contributed by atoms with van der Waals surface area (Å²) in [4.78, 5) is 13.4. The van der Waals surface area contributed by atoms with Crippen molar-refractivity contribution >= 4 is 5.91 Å². The van der Waals surface area contributed by atoms with E-state index >= 15 is 0 Å². The lowest BCUT2D eigenvalue weighted by atomic mass is 9.95. The van der Waals surface area contributed by atoms with Gasteiger partial charge in [0.15, 0.2) is 0 Å². The quantitative estimate of drug-likeness (QED) is 0.930. The molecule has 2 aliphatic carbocycles. The molecule has 22 heavy (non-hydrogen) atoms. The van der Waals surface area contributed by atoms with E-state index in [1.54, 1.807) is 18.1 Å². The number of hydrogen-bond acceptors (Lipinski definition) is 2. The van der Waals surface area contributed by atoms with Gasteiger partial charge in [0.2, 0.25) is 5.91 Å². The van der Waals surface area contributed by atoms with Gasteiger partial charge in [-0.3, -0.25) is 4.79 Å². The first-order valence-corrected chi connectivity index (χ1v) is 8.76. The molecule has 1 amide bonds. The van der Waals surface area contributed by atoms with Crippen LogP contribution in [0, 0.1) is 5.92 Å². The molecular formula is C19H26N2O. The average molecular weight is 298 g/mol. The van der Waals surface area contributed by atoms with Crippen molar-refractivity contribution in [1.82, 2.24) is 10.2 Å². The average Bonchev–Trinajstić information content (AvgIpc) is 3.13. The molecule has 1 aliphatic heterocycles. The summed E-state index contributed by atoms with van der Waals surface area (Å²) in [7, 11) is 0. The summed E-state index contributed by atoms with van der Waals surface area (Å²) >= 11 is 0. The van der Waals surface area contributed by atoms with Gasteiger partial charge in [-0.25, -0.2) is 0 Å². The number of benzene rings is 1. The summed E-state index contributed by atoms with van der Waals surface area (Å²) in [5.41, 5.74) is 3.64. The molecular weight excluding hydrogens is 272 g/mol. The number of hydrogen-bond donors (Lipinski definition) is 1. The molecule has 0 bridgehead atoms. The van der Waals surface area contributed by atoms with E-state index in [-0.39, 0.29) is 5.91 Å². The molecule has 1 spiro atoms. The summed E-state index contributed by atoms with van der Waals surface area (Å²) in [6.07, 6.45) is 6.21. The molecule has 1 aromatic rings. The van der Waals surface area contributed by atoms with Gasteiger partial charge < -0.3 is 10.2 Å². The van der Waals surface area contributed by atoms with Gasteiger partial charge in [0, 0.05) is 31.5 Å². The van der Waals surface area contributed by atoms with E-state index in [2.05, 4.69) is 29.6 Å². The third-order valence-electron chi connectivity index (χ3n) is 6.18. The zero-order valence-corrected chi connectivity index (χ0v) is 13.5. The van der Waals surface area contributed by atoms with Crippen LogP contribution in [0.4, 0.5) is 0 Å². The van der Waals surface area contributed by atoms with Crippen LogP contribution in [0.15, 0.2) is 24.3 Å². The maximum Gasteiger partial charge on any atom is 0.219 e. The van der Waals surface area contributed by atoms with Crippen LogP contribution in [0.5, 0.6) is 0 Å². The lowest BCUT2D eigenvalue weighted by Gasteiger charge is -2.31. The fourth-order valence-electron chi connectivity index (χ4n) is 4.62. The van der Waals surface area contributed by atoms with E-state index in [0.717, 1.165) is 38.4 Å². The number of fused-ring (bicyclic) bond motifs is 2. The highest BCUT2D eigenvalue weighted by atomic mass is 16.2. The third-order valence-corrected chi connectivity index (χ3v) is 6.18. The van der Waals surface area contributed by atoms with Crippen LogP contribution in [-0.4, -0.2) is 36.5 Å². The fraction of sp³-hybridized carbons (Fsp3) is 0.632. The molecule has 4 rings (SSSR count). The van der Waals surface area contributed by atoms with Crippen LogP contribution in [0.1, 0.15) is 43.7 Å². The molecule has 3 heteroatoms. The Kier molecular flexibility index (Phi) is 3.48. The van der Waals surface area contributed by atoms with Gasteiger partial charge in [0.1, 0.15) is 0 Å². The molecule has 0 aromatic heterocycles. The van der Waals surface area contributed by atoms with E-state index in [1.165, 1.54) is 19.3 Å². The smallest absolute Gasteiger partial charge is 0.219 e. The van der Waals surface area contributed by atoms with Crippen LogP contribution in [-0.2, 0) is 16.6 Å². The SMILES string of the molecule is CC(=O)N1CCC(CN[C@@H]2C[C@]23CCc2ccccc23)CC1. The lowest BCUT2D eigenvalue weighted by molar-refractivity contribution is -0.130. The second-order valence-electron chi connectivity index (χ2n) is 7.43. The van der Waals surface area contributed by atoms with Gasteiger partial charge in [-0.2, -0.15) is 0 Å². The van der Waals surface area contributed by atoms with Crippen molar-refractivity contribution in [3.05, 3.63) is 35.4 Å². The number of likely N-dealkylation sites (tertiary alicyclic amines) is 1. The molecule has 1 N–H and O–H groups in total. The summed E-state index contributed by atoms with van der Waals surface area (Å²) < 4.78 is 0. The van der Waals surface area contributed by atoms with Gasteiger partial charge in [-0.15, -0.1) is 0 Å². The van der Waals surface area contributed by atoms with Crippen LogP contribution >= 0.6 is 0 Å². The monoisotopic (exact) mass is 298 g/mol. The van der Waals surface area contributed by atoms with Crippen LogP contribution < -0.4 is 5.32 Å². The fourth-order valence-corrected chi connectivity index (χ4v) is 4.62. The van der Waals surface area contributed by atoms with Crippen molar-refractivity contribution in [2.75, 3.05) is 19.6 Å². The predicted octanol–water partition coefficient (Wildman–Crippen LogP) is 2.49. The second kappa shape index (κ2) is 5.38. The largest absolute Gasteiger partial charge is 0.343 e. The standard InChI is InChI=1S/C19H26N2O/c1-14(22)21-10-7-15(8-11-21)13-20-18-12-19(18)9-6-16-4-2-3-5-17(16)19/h2-5,15,18,20H,6-13H2,1H3/t18-,19+/m1/s1. The van der Waals surface area contributed by atoms with Crippen LogP contribution in [0.25, 0.3) is 0 Å².